The zero-order valence-electron chi connectivity index (χ0n) is 12.2. The topological polar surface area (TPSA) is 41.8 Å². The third-order valence-electron chi connectivity index (χ3n) is 2.60. The third-order valence-corrected chi connectivity index (χ3v) is 2.60. The molecule has 1 aromatic rings. The van der Waals surface area contributed by atoms with Crippen molar-refractivity contribution >= 4 is 5.71 Å². The Bertz CT molecular complexity index is 373. The Morgan fingerprint density at radius 2 is 1.78 bits per heavy atom. The van der Waals surface area contributed by atoms with Crippen molar-refractivity contribution in [3.8, 4) is 5.75 Å². The second-order valence-electron chi connectivity index (χ2n) is 3.42. The van der Waals surface area contributed by atoms with Crippen LogP contribution in [-0.2, 0) is 6.42 Å². The molecule has 0 saturated carbocycles. The van der Waals surface area contributed by atoms with Crippen molar-refractivity contribution < 1.29 is 9.94 Å². The van der Waals surface area contributed by atoms with Gasteiger partial charge in [-0.25, -0.2) is 0 Å². The van der Waals surface area contributed by atoms with Crippen LogP contribution in [0, 0.1) is 0 Å². The molecule has 1 aromatic carbocycles. The summed E-state index contributed by atoms with van der Waals surface area (Å²) in [7, 11) is 1.66. The minimum Gasteiger partial charge on any atom is -0.497 e. The van der Waals surface area contributed by atoms with Gasteiger partial charge in [0.05, 0.1) is 12.8 Å². The van der Waals surface area contributed by atoms with Crippen LogP contribution in [0.5, 0.6) is 5.75 Å². The first-order valence-corrected chi connectivity index (χ1v) is 6.73. The largest absolute Gasteiger partial charge is 0.497 e. The zero-order valence-corrected chi connectivity index (χ0v) is 12.2. The summed E-state index contributed by atoms with van der Waals surface area (Å²) < 4.78 is 5.15. The average molecular weight is 251 g/mol. The van der Waals surface area contributed by atoms with E-state index in [1.807, 2.05) is 45.9 Å². The number of benzene rings is 1. The van der Waals surface area contributed by atoms with Crippen molar-refractivity contribution in [1.29, 1.82) is 0 Å². The van der Waals surface area contributed by atoms with E-state index in [1.165, 1.54) is 5.56 Å². The fourth-order valence-corrected chi connectivity index (χ4v) is 1.87. The standard InChI is InChI=1S/C11H13NO2.2C2H6/c1-14-9-5-6-10-8(7-9)3-2-4-11(10)12-13;2*1-2/h5-7,13H,2-4H2,1H3;2*1-2H3/b12-11+;;. The van der Waals surface area contributed by atoms with E-state index >= 15 is 0 Å². The number of rotatable bonds is 1. The molecule has 0 radical (unpaired) electrons. The molecule has 0 aromatic heterocycles. The van der Waals surface area contributed by atoms with Crippen molar-refractivity contribution in [1.82, 2.24) is 0 Å². The zero-order chi connectivity index (χ0) is 14.0. The molecular formula is C15H25NO2. The summed E-state index contributed by atoms with van der Waals surface area (Å²) in [5, 5.41) is 12.1. The van der Waals surface area contributed by atoms with E-state index < -0.39 is 0 Å². The number of ether oxygens (including phenoxy) is 1. The summed E-state index contributed by atoms with van der Waals surface area (Å²) in [4.78, 5) is 0. The first kappa shape index (κ1) is 16.5. The van der Waals surface area contributed by atoms with Crippen molar-refractivity contribution in [3.05, 3.63) is 29.3 Å². The number of aryl methyl sites for hydroxylation is 1. The Hall–Kier alpha value is -1.51. The lowest BCUT2D eigenvalue weighted by molar-refractivity contribution is 0.317. The summed E-state index contributed by atoms with van der Waals surface area (Å²) in [6.45, 7) is 8.00. The first-order valence-electron chi connectivity index (χ1n) is 6.73. The van der Waals surface area contributed by atoms with Crippen LogP contribution < -0.4 is 4.74 Å². The number of hydrogen-bond donors (Lipinski definition) is 1. The van der Waals surface area contributed by atoms with Crippen LogP contribution >= 0.6 is 0 Å². The molecule has 0 saturated heterocycles. The van der Waals surface area contributed by atoms with Crippen LogP contribution in [0.1, 0.15) is 51.7 Å². The van der Waals surface area contributed by atoms with Gasteiger partial charge in [-0.05, 0) is 43.0 Å². The molecule has 1 aliphatic carbocycles. The minimum atomic E-state index is 0.786. The van der Waals surface area contributed by atoms with Crippen molar-refractivity contribution in [2.45, 2.75) is 47.0 Å². The van der Waals surface area contributed by atoms with Gasteiger partial charge in [0.2, 0.25) is 0 Å². The molecule has 0 atom stereocenters. The molecule has 0 unspecified atom stereocenters. The molecule has 2 rings (SSSR count). The molecule has 1 aliphatic rings. The van der Waals surface area contributed by atoms with Crippen LogP contribution in [0.4, 0.5) is 0 Å². The monoisotopic (exact) mass is 251 g/mol. The van der Waals surface area contributed by atoms with E-state index in [2.05, 4.69) is 5.16 Å². The lowest BCUT2D eigenvalue weighted by Crippen LogP contribution is -2.11. The molecule has 0 fully saturated rings. The van der Waals surface area contributed by atoms with Crippen LogP contribution in [0.3, 0.4) is 0 Å². The predicted octanol–water partition coefficient (Wildman–Crippen LogP) is 4.26. The van der Waals surface area contributed by atoms with Gasteiger partial charge in [-0.3, -0.25) is 0 Å². The van der Waals surface area contributed by atoms with Crippen LogP contribution in [-0.4, -0.2) is 18.0 Å². The van der Waals surface area contributed by atoms with Crippen LogP contribution in [0.2, 0.25) is 0 Å². The second-order valence-corrected chi connectivity index (χ2v) is 3.42. The molecule has 0 bridgehead atoms. The number of hydrogen-bond acceptors (Lipinski definition) is 3. The molecular weight excluding hydrogens is 226 g/mol. The molecule has 0 aliphatic heterocycles. The SMILES string of the molecule is CC.CC.COc1ccc2c(c1)CCC/C2=N\O. The van der Waals surface area contributed by atoms with E-state index in [0.717, 1.165) is 36.3 Å². The fourth-order valence-electron chi connectivity index (χ4n) is 1.87. The van der Waals surface area contributed by atoms with Crippen LogP contribution in [0.15, 0.2) is 23.4 Å². The Morgan fingerprint density at radius 3 is 2.33 bits per heavy atom. The summed E-state index contributed by atoms with van der Waals surface area (Å²) in [6.07, 6.45) is 2.93. The maximum Gasteiger partial charge on any atom is 0.119 e. The molecule has 3 heteroatoms. The van der Waals surface area contributed by atoms with Crippen molar-refractivity contribution in [2.75, 3.05) is 7.11 Å². The maximum absolute atomic E-state index is 8.82. The van der Waals surface area contributed by atoms with Gasteiger partial charge >= 0.3 is 0 Å². The number of nitrogens with zero attached hydrogens (tertiary/aromatic N) is 1. The van der Waals surface area contributed by atoms with E-state index in [9.17, 15) is 0 Å². The van der Waals surface area contributed by atoms with Crippen molar-refractivity contribution in [3.63, 3.8) is 0 Å². The quantitative estimate of drug-likeness (QED) is 0.598. The predicted molar refractivity (Wildman–Crippen MR) is 77.0 cm³/mol. The number of methoxy groups -OCH3 is 1. The molecule has 102 valence electrons. The molecule has 3 nitrogen and oxygen atoms in total. The molecule has 0 heterocycles. The molecule has 0 spiro atoms. The van der Waals surface area contributed by atoms with Gasteiger partial charge < -0.3 is 9.94 Å². The van der Waals surface area contributed by atoms with Crippen LogP contribution in [0.25, 0.3) is 0 Å². The normalized spacial score (nSPS) is 14.6. The van der Waals surface area contributed by atoms with Gasteiger partial charge in [-0.15, -0.1) is 0 Å². The van der Waals surface area contributed by atoms with Gasteiger partial charge in [0.15, 0.2) is 0 Å². The Balaban J connectivity index is 0.000000659. The minimum absolute atomic E-state index is 0.786. The summed E-state index contributed by atoms with van der Waals surface area (Å²) in [5.41, 5.74) is 3.05. The summed E-state index contributed by atoms with van der Waals surface area (Å²) >= 11 is 0. The maximum atomic E-state index is 8.82. The van der Waals surface area contributed by atoms with E-state index in [0.29, 0.717) is 0 Å². The fraction of sp³-hybridized carbons (Fsp3) is 0.533. The Kier molecular flexibility index (Phi) is 8.71. The highest BCUT2D eigenvalue weighted by molar-refractivity contribution is 6.02. The molecule has 1 N–H and O–H groups in total. The lowest BCUT2D eigenvalue weighted by atomic mass is 9.90. The second kappa shape index (κ2) is 9.51. The smallest absolute Gasteiger partial charge is 0.119 e. The summed E-state index contributed by atoms with van der Waals surface area (Å²) in [6, 6.07) is 5.87. The van der Waals surface area contributed by atoms with Gasteiger partial charge in [-0.2, -0.15) is 0 Å². The Morgan fingerprint density at radius 1 is 1.11 bits per heavy atom. The average Bonchev–Trinajstić information content (AvgIpc) is 2.50. The summed E-state index contributed by atoms with van der Waals surface area (Å²) in [5.74, 6) is 0.864. The first-order chi connectivity index (χ1) is 8.85. The Labute approximate surface area is 110 Å². The highest BCUT2D eigenvalue weighted by Gasteiger charge is 2.16. The third kappa shape index (κ3) is 4.06. The highest BCUT2D eigenvalue weighted by atomic mass is 16.5. The lowest BCUT2D eigenvalue weighted by Gasteiger charge is -2.17. The van der Waals surface area contributed by atoms with Gasteiger partial charge in [0, 0.05) is 5.56 Å². The van der Waals surface area contributed by atoms with E-state index in [4.69, 9.17) is 9.94 Å². The number of fused-ring (bicyclic) bond motifs is 1. The van der Waals surface area contributed by atoms with Gasteiger partial charge in [-0.1, -0.05) is 32.9 Å². The van der Waals surface area contributed by atoms with Gasteiger partial charge in [0.25, 0.3) is 0 Å². The number of oxime groups is 1. The van der Waals surface area contributed by atoms with E-state index in [-0.39, 0.29) is 0 Å². The molecule has 18 heavy (non-hydrogen) atoms. The molecule has 0 amide bonds. The van der Waals surface area contributed by atoms with Gasteiger partial charge in [0.1, 0.15) is 5.75 Å². The van der Waals surface area contributed by atoms with E-state index in [1.54, 1.807) is 7.11 Å². The highest BCUT2D eigenvalue weighted by Crippen LogP contribution is 2.25. The van der Waals surface area contributed by atoms with Crippen molar-refractivity contribution in [2.24, 2.45) is 5.16 Å².